The summed E-state index contributed by atoms with van der Waals surface area (Å²) in [5, 5.41) is 0.356. The van der Waals surface area contributed by atoms with Crippen LogP contribution in [0.2, 0.25) is 5.02 Å². The first-order valence-corrected chi connectivity index (χ1v) is 12.9. The zero-order valence-electron chi connectivity index (χ0n) is 18.8. The molecular weight excluding hydrogens is 490 g/mol. The number of methoxy groups -OCH3 is 1. The molecule has 0 atom stereocenters. The molecule has 10 heteroatoms. The van der Waals surface area contributed by atoms with Crippen LogP contribution in [-0.4, -0.2) is 31.6 Å². The van der Waals surface area contributed by atoms with Gasteiger partial charge >= 0.3 is 5.69 Å². The highest BCUT2D eigenvalue weighted by Gasteiger charge is 2.30. The van der Waals surface area contributed by atoms with E-state index in [4.69, 9.17) is 16.3 Å². The molecular formula is C25H22ClN3O5S. The Balaban J connectivity index is 1.68. The van der Waals surface area contributed by atoms with Gasteiger partial charge in [-0.3, -0.25) is 9.10 Å². The van der Waals surface area contributed by atoms with E-state index in [1.165, 1.54) is 22.5 Å². The van der Waals surface area contributed by atoms with Crippen LogP contribution in [0.5, 0.6) is 5.75 Å². The minimum atomic E-state index is -4.05. The molecule has 2 heterocycles. The predicted octanol–water partition coefficient (Wildman–Crippen LogP) is 3.87. The molecule has 0 saturated carbocycles. The quantitative estimate of drug-likeness (QED) is 0.448. The van der Waals surface area contributed by atoms with Crippen LogP contribution in [0.15, 0.2) is 75.1 Å². The minimum absolute atomic E-state index is 0.00886. The molecule has 0 bridgehead atoms. The summed E-state index contributed by atoms with van der Waals surface area (Å²) < 4.78 is 35.4. The molecule has 4 aromatic rings. The van der Waals surface area contributed by atoms with Crippen molar-refractivity contribution in [3.8, 4) is 11.4 Å². The van der Waals surface area contributed by atoms with Gasteiger partial charge in [-0.25, -0.2) is 17.8 Å². The fraction of sp³-hybridized carbons (Fsp3) is 0.200. The number of sulfonamides is 1. The largest absolute Gasteiger partial charge is 0.496 e. The Morgan fingerprint density at radius 2 is 1.77 bits per heavy atom. The lowest BCUT2D eigenvalue weighted by atomic mass is 10.1. The van der Waals surface area contributed by atoms with Gasteiger partial charge in [0.15, 0.2) is 0 Å². The van der Waals surface area contributed by atoms with Crippen molar-refractivity contribution >= 4 is 38.2 Å². The molecule has 180 valence electrons. The van der Waals surface area contributed by atoms with Crippen molar-refractivity contribution < 1.29 is 13.2 Å². The normalized spacial score (nSPS) is 13.9. The Morgan fingerprint density at radius 1 is 0.971 bits per heavy atom. The highest BCUT2D eigenvalue weighted by Crippen LogP contribution is 2.37. The molecule has 1 aliphatic rings. The average molecular weight is 512 g/mol. The van der Waals surface area contributed by atoms with Gasteiger partial charge in [0.1, 0.15) is 5.75 Å². The maximum atomic E-state index is 13.8. The lowest BCUT2D eigenvalue weighted by molar-refractivity contribution is 0.409. The van der Waals surface area contributed by atoms with Gasteiger partial charge in [0.25, 0.3) is 15.6 Å². The Kier molecular flexibility index (Phi) is 5.90. The van der Waals surface area contributed by atoms with E-state index in [0.717, 1.165) is 16.6 Å². The summed E-state index contributed by atoms with van der Waals surface area (Å²) in [4.78, 5) is 28.6. The summed E-state index contributed by atoms with van der Waals surface area (Å²) in [5.74, 6) is 0.635. The summed E-state index contributed by atoms with van der Waals surface area (Å²) in [6.45, 7) is 0.289. The maximum absolute atomic E-state index is 13.8. The lowest BCUT2D eigenvalue weighted by Gasteiger charge is -2.25. The molecule has 0 amide bonds. The number of rotatable bonds is 4. The molecule has 0 spiro atoms. The van der Waals surface area contributed by atoms with Crippen LogP contribution in [0.3, 0.4) is 0 Å². The van der Waals surface area contributed by atoms with E-state index in [2.05, 4.69) is 4.98 Å². The van der Waals surface area contributed by atoms with Gasteiger partial charge in [-0.15, -0.1) is 0 Å². The molecule has 0 fully saturated rings. The number of aromatic nitrogens is 2. The highest BCUT2D eigenvalue weighted by atomic mass is 35.5. The van der Waals surface area contributed by atoms with Gasteiger partial charge in [0.05, 0.1) is 39.3 Å². The van der Waals surface area contributed by atoms with Gasteiger partial charge in [-0.2, -0.15) is 0 Å². The first kappa shape index (κ1) is 23.2. The number of para-hydroxylation sites is 1. The Bertz CT molecular complexity index is 1680. The van der Waals surface area contributed by atoms with Gasteiger partial charge < -0.3 is 9.72 Å². The Morgan fingerprint density at radius 3 is 2.57 bits per heavy atom. The molecule has 1 aliphatic heterocycles. The SMILES string of the molecule is COc1cccc2c1CCCCN2S(=O)(=O)c1ccc(Cl)c(-n2c(=O)[nH]c3ccccc3c2=O)c1. The topological polar surface area (TPSA) is 101 Å². The smallest absolute Gasteiger partial charge is 0.333 e. The zero-order valence-corrected chi connectivity index (χ0v) is 20.4. The van der Waals surface area contributed by atoms with Gasteiger partial charge in [0.2, 0.25) is 0 Å². The maximum Gasteiger partial charge on any atom is 0.333 e. The van der Waals surface area contributed by atoms with Gasteiger partial charge in [-0.05, 0) is 61.7 Å². The van der Waals surface area contributed by atoms with E-state index in [1.54, 1.807) is 43.5 Å². The Labute approximate surface area is 206 Å². The van der Waals surface area contributed by atoms with Crippen LogP contribution < -0.4 is 20.3 Å². The molecule has 0 saturated heterocycles. The molecule has 5 rings (SSSR count). The number of nitrogens with one attached hydrogen (secondary N) is 1. The number of anilines is 1. The number of halogens is 1. The lowest BCUT2D eigenvalue weighted by Crippen LogP contribution is -2.34. The number of hydrogen-bond donors (Lipinski definition) is 1. The van der Waals surface area contributed by atoms with Crippen molar-refractivity contribution in [1.82, 2.24) is 9.55 Å². The first-order valence-electron chi connectivity index (χ1n) is 11.1. The molecule has 35 heavy (non-hydrogen) atoms. The second-order valence-electron chi connectivity index (χ2n) is 8.22. The van der Waals surface area contributed by atoms with E-state index >= 15 is 0 Å². The van der Waals surface area contributed by atoms with Crippen LogP contribution in [0.25, 0.3) is 16.6 Å². The summed E-state index contributed by atoms with van der Waals surface area (Å²) in [6, 6.07) is 16.0. The van der Waals surface area contributed by atoms with Crippen molar-refractivity contribution in [3.05, 3.63) is 92.1 Å². The predicted molar refractivity (Wildman–Crippen MR) is 136 cm³/mol. The molecule has 0 unspecified atom stereocenters. The standard InChI is InChI=1S/C25H22ClN3O5S/c1-34-23-11-6-10-21-18(23)8-4-5-14-28(21)35(32,33)16-12-13-19(26)22(15-16)29-24(30)17-7-2-3-9-20(17)27-25(29)31/h2-3,6-7,9-13,15H,4-5,8,14H2,1H3,(H,27,31). The highest BCUT2D eigenvalue weighted by molar-refractivity contribution is 7.92. The molecule has 1 N–H and O–H groups in total. The van der Waals surface area contributed by atoms with E-state index < -0.39 is 21.3 Å². The van der Waals surface area contributed by atoms with Crippen LogP contribution >= 0.6 is 11.6 Å². The van der Waals surface area contributed by atoms with Crippen LogP contribution in [-0.2, 0) is 16.4 Å². The summed E-state index contributed by atoms with van der Waals surface area (Å²) in [7, 11) is -2.49. The zero-order chi connectivity index (χ0) is 24.7. The van der Waals surface area contributed by atoms with E-state index in [1.807, 2.05) is 6.07 Å². The number of benzene rings is 3. The van der Waals surface area contributed by atoms with E-state index in [-0.39, 0.29) is 27.5 Å². The van der Waals surface area contributed by atoms with Crippen molar-refractivity contribution in [3.63, 3.8) is 0 Å². The summed E-state index contributed by atoms with van der Waals surface area (Å²) in [5.41, 5.74) is 0.450. The van der Waals surface area contributed by atoms with Crippen molar-refractivity contribution in [2.24, 2.45) is 0 Å². The number of H-pyrrole nitrogens is 1. The monoisotopic (exact) mass is 511 g/mol. The average Bonchev–Trinajstić information content (AvgIpc) is 3.08. The second-order valence-corrected chi connectivity index (χ2v) is 10.5. The molecule has 0 radical (unpaired) electrons. The van der Waals surface area contributed by atoms with E-state index in [0.29, 0.717) is 29.8 Å². The fourth-order valence-corrected chi connectivity index (χ4v) is 6.25. The van der Waals surface area contributed by atoms with Crippen molar-refractivity contribution in [1.29, 1.82) is 0 Å². The number of hydrogen-bond acceptors (Lipinski definition) is 5. The number of aromatic amines is 1. The Hall–Kier alpha value is -3.56. The minimum Gasteiger partial charge on any atom is -0.496 e. The van der Waals surface area contributed by atoms with Crippen LogP contribution in [0, 0.1) is 0 Å². The third kappa shape index (κ3) is 3.90. The molecule has 8 nitrogen and oxygen atoms in total. The third-order valence-electron chi connectivity index (χ3n) is 6.19. The number of fused-ring (bicyclic) bond motifs is 2. The van der Waals surface area contributed by atoms with Gasteiger partial charge in [-0.1, -0.05) is 29.8 Å². The number of ether oxygens (including phenoxy) is 1. The van der Waals surface area contributed by atoms with Crippen LogP contribution in [0.4, 0.5) is 5.69 Å². The van der Waals surface area contributed by atoms with Crippen LogP contribution in [0.1, 0.15) is 18.4 Å². The molecule has 3 aromatic carbocycles. The van der Waals surface area contributed by atoms with Crippen molar-refractivity contribution in [2.75, 3.05) is 18.0 Å². The van der Waals surface area contributed by atoms with Crippen molar-refractivity contribution in [2.45, 2.75) is 24.2 Å². The second kappa shape index (κ2) is 8.90. The first-order chi connectivity index (χ1) is 16.8. The molecule has 1 aromatic heterocycles. The van der Waals surface area contributed by atoms with Gasteiger partial charge in [0, 0.05) is 12.1 Å². The summed E-state index contributed by atoms with van der Waals surface area (Å²) >= 11 is 6.37. The third-order valence-corrected chi connectivity index (χ3v) is 8.32. The fourth-order valence-electron chi connectivity index (χ4n) is 4.49. The molecule has 0 aliphatic carbocycles. The number of nitrogens with zero attached hydrogens (tertiary/aromatic N) is 2. The summed E-state index contributed by atoms with van der Waals surface area (Å²) in [6.07, 6.45) is 2.17. The van der Waals surface area contributed by atoms with E-state index in [9.17, 15) is 18.0 Å².